The summed E-state index contributed by atoms with van der Waals surface area (Å²) in [7, 11) is 0. The van der Waals surface area contributed by atoms with Gasteiger partial charge in [0.15, 0.2) is 0 Å². The first-order valence-electron chi connectivity index (χ1n) is 6.17. The van der Waals surface area contributed by atoms with E-state index in [9.17, 15) is 4.79 Å². The van der Waals surface area contributed by atoms with Gasteiger partial charge in [-0.2, -0.15) is 0 Å². The minimum Gasteiger partial charge on any atom is -0.348 e. The van der Waals surface area contributed by atoms with E-state index in [2.05, 4.69) is 24.4 Å². The Hall–Kier alpha value is -1.00. The summed E-state index contributed by atoms with van der Waals surface area (Å²) in [5.74, 6) is 0.925. The Kier molecular flexibility index (Phi) is 5.23. The Morgan fingerprint density at radius 3 is 2.39 bits per heavy atom. The van der Waals surface area contributed by atoms with E-state index in [1.165, 1.54) is 4.90 Å². The molecule has 0 spiro atoms. The topological polar surface area (TPSA) is 55.1 Å². The number of hydrogen-bond donors (Lipinski definition) is 2. The average molecular weight is 266 g/mol. The van der Waals surface area contributed by atoms with Crippen molar-refractivity contribution in [2.24, 2.45) is 5.73 Å². The van der Waals surface area contributed by atoms with Crippen LogP contribution < -0.4 is 11.1 Å². The number of thioether (sulfide) groups is 1. The normalized spacial score (nSPS) is 13.2. The van der Waals surface area contributed by atoms with Crippen molar-refractivity contribution in [3.8, 4) is 0 Å². The average Bonchev–Trinajstić information content (AvgIpc) is 2.29. The van der Waals surface area contributed by atoms with Crippen LogP contribution in [-0.4, -0.2) is 17.2 Å². The fourth-order valence-corrected chi connectivity index (χ4v) is 2.15. The molecule has 0 radical (unpaired) electrons. The molecule has 18 heavy (non-hydrogen) atoms. The van der Waals surface area contributed by atoms with E-state index in [0.29, 0.717) is 0 Å². The molecule has 1 aromatic carbocycles. The maximum atomic E-state index is 11.8. The van der Waals surface area contributed by atoms with Crippen LogP contribution in [0.1, 0.15) is 39.3 Å². The number of amides is 1. The Bertz CT molecular complexity index is 395. The van der Waals surface area contributed by atoms with Gasteiger partial charge in [-0.15, -0.1) is 11.8 Å². The van der Waals surface area contributed by atoms with Crippen LogP contribution in [0.4, 0.5) is 0 Å². The fourth-order valence-electron chi connectivity index (χ4n) is 1.49. The van der Waals surface area contributed by atoms with Crippen molar-refractivity contribution in [3.05, 3.63) is 29.8 Å². The van der Waals surface area contributed by atoms with E-state index in [-0.39, 0.29) is 11.9 Å². The van der Waals surface area contributed by atoms with E-state index in [1.807, 2.05) is 19.1 Å². The molecule has 0 saturated heterocycles. The molecule has 0 aliphatic rings. The van der Waals surface area contributed by atoms with Crippen molar-refractivity contribution in [1.82, 2.24) is 5.32 Å². The molecule has 1 aromatic rings. The number of nitrogens with two attached hydrogens (primary N) is 1. The van der Waals surface area contributed by atoms with Crippen LogP contribution >= 0.6 is 11.8 Å². The summed E-state index contributed by atoms with van der Waals surface area (Å²) in [6.07, 6.45) is 0. The van der Waals surface area contributed by atoms with Crippen LogP contribution in [-0.2, 0) is 4.79 Å². The molecule has 3 nitrogen and oxygen atoms in total. The molecular formula is C14H22N2OS. The van der Waals surface area contributed by atoms with Gasteiger partial charge in [-0.05, 0) is 44.2 Å². The predicted molar refractivity (Wildman–Crippen MR) is 77.7 cm³/mol. The summed E-state index contributed by atoms with van der Waals surface area (Å²) in [5, 5.41) is 2.92. The number of hydrogen-bond acceptors (Lipinski definition) is 3. The first-order valence-corrected chi connectivity index (χ1v) is 7.15. The highest BCUT2D eigenvalue weighted by molar-refractivity contribution is 7.99. The molecule has 4 heteroatoms. The summed E-state index contributed by atoms with van der Waals surface area (Å²) < 4.78 is 0. The van der Waals surface area contributed by atoms with Gasteiger partial charge in [0, 0.05) is 4.90 Å². The van der Waals surface area contributed by atoms with Crippen LogP contribution in [0.15, 0.2) is 29.2 Å². The minimum absolute atomic E-state index is 0.0269. The Balaban J connectivity index is 2.67. The second kappa shape index (κ2) is 6.25. The van der Waals surface area contributed by atoms with E-state index < -0.39 is 5.54 Å². The van der Waals surface area contributed by atoms with E-state index in [4.69, 9.17) is 5.73 Å². The minimum atomic E-state index is -0.841. The van der Waals surface area contributed by atoms with E-state index in [0.717, 1.165) is 11.3 Å². The Morgan fingerprint density at radius 1 is 1.39 bits per heavy atom. The van der Waals surface area contributed by atoms with Gasteiger partial charge >= 0.3 is 0 Å². The lowest BCUT2D eigenvalue weighted by Gasteiger charge is -2.22. The molecule has 0 aromatic heterocycles. The second-order valence-electron chi connectivity index (χ2n) is 4.92. The fraction of sp³-hybridized carbons (Fsp3) is 0.500. The Labute approximate surface area is 114 Å². The van der Waals surface area contributed by atoms with E-state index in [1.54, 1.807) is 25.6 Å². The molecule has 1 unspecified atom stereocenters. The molecule has 0 saturated carbocycles. The lowest BCUT2D eigenvalue weighted by Crippen LogP contribution is -2.49. The summed E-state index contributed by atoms with van der Waals surface area (Å²) >= 11 is 1.81. The third-order valence-corrected chi connectivity index (χ3v) is 3.52. The van der Waals surface area contributed by atoms with Crippen LogP contribution in [0.2, 0.25) is 0 Å². The third kappa shape index (κ3) is 4.35. The monoisotopic (exact) mass is 266 g/mol. The molecule has 3 N–H and O–H groups in total. The van der Waals surface area contributed by atoms with Gasteiger partial charge in [0.05, 0.1) is 11.6 Å². The molecule has 100 valence electrons. The lowest BCUT2D eigenvalue weighted by atomic mass is 10.0. The molecule has 0 aliphatic carbocycles. The quantitative estimate of drug-likeness (QED) is 0.806. The van der Waals surface area contributed by atoms with Crippen molar-refractivity contribution >= 4 is 17.7 Å². The number of benzene rings is 1. The van der Waals surface area contributed by atoms with Crippen molar-refractivity contribution < 1.29 is 4.79 Å². The largest absolute Gasteiger partial charge is 0.348 e. The van der Waals surface area contributed by atoms with Crippen molar-refractivity contribution in [2.45, 2.75) is 44.2 Å². The molecule has 0 fully saturated rings. The third-order valence-electron chi connectivity index (χ3n) is 2.62. The second-order valence-corrected chi connectivity index (χ2v) is 6.26. The highest BCUT2D eigenvalue weighted by Crippen LogP contribution is 2.20. The zero-order chi connectivity index (χ0) is 13.8. The Morgan fingerprint density at radius 2 is 1.94 bits per heavy atom. The summed E-state index contributed by atoms with van der Waals surface area (Å²) in [5.41, 5.74) is 6.00. The van der Waals surface area contributed by atoms with Gasteiger partial charge in [-0.25, -0.2) is 0 Å². The zero-order valence-corrected chi connectivity index (χ0v) is 12.3. The van der Waals surface area contributed by atoms with Crippen LogP contribution in [0.25, 0.3) is 0 Å². The van der Waals surface area contributed by atoms with Gasteiger partial charge in [0.2, 0.25) is 5.91 Å². The highest BCUT2D eigenvalue weighted by Gasteiger charge is 2.23. The van der Waals surface area contributed by atoms with E-state index >= 15 is 0 Å². The molecular weight excluding hydrogens is 244 g/mol. The highest BCUT2D eigenvalue weighted by atomic mass is 32.2. The lowest BCUT2D eigenvalue weighted by molar-refractivity contribution is -0.125. The summed E-state index contributed by atoms with van der Waals surface area (Å²) in [6.45, 7) is 7.50. The molecule has 0 aliphatic heterocycles. The standard InChI is InChI=1S/C14H22N2OS/c1-5-18-12-8-6-11(7-9-12)10(2)16-13(17)14(3,4)15/h6-10H,5,15H2,1-4H3,(H,16,17). The van der Waals surface area contributed by atoms with Crippen molar-refractivity contribution in [2.75, 3.05) is 5.75 Å². The van der Waals surface area contributed by atoms with Crippen molar-refractivity contribution in [1.29, 1.82) is 0 Å². The summed E-state index contributed by atoms with van der Waals surface area (Å²) in [6, 6.07) is 8.24. The molecule has 1 amide bonds. The first-order chi connectivity index (χ1) is 8.34. The maximum absolute atomic E-state index is 11.8. The van der Waals surface area contributed by atoms with Gasteiger partial charge in [0.25, 0.3) is 0 Å². The maximum Gasteiger partial charge on any atom is 0.239 e. The van der Waals surface area contributed by atoms with Gasteiger partial charge in [-0.1, -0.05) is 19.1 Å². The molecule has 0 heterocycles. The number of rotatable bonds is 5. The van der Waals surface area contributed by atoms with Crippen LogP contribution in [0.3, 0.4) is 0 Å². The number of carbonyl (C=O) groups is 1. The first kappa shape index (κ1) is 15.1. The van der Waals surface area contributed by atoms with Crippen LogP contribution in [0, 0.1) is 0 Å². The van der Waals surface area contributed by atoms with Gasteiger partial charge in [0.1, 0.15) is 0 Å². The smallest absolute Gasteiger partial charge is 0.239 e. The van der Waals surface area contributed by atoms with Gasteiger partial charge < -0.3 is 11.1 Å². The SMILES string of the molecule is CCSc1ccc(C(C)NC(=O)C(C)(C)N)cc1. The molecule has 0 bridgehead atoms. The number of carbonyl (C=O) groups excluding carboxylic acids is 1. The number of nitrogens with one attached hydrogen (secondary N) is 1. The molecule has 1 atom stereocenters. The van der Waals surface area contributed by atoms with Crippen molar-refractivity contribution in [3.63, 3.8) is 0 Å². The summed E-state index contributed by atoms with van der Waals surface area (Å²) in [4.78, 5) is 13.0. The van der Waals surface area contributed by atoms with Gasteiger partial charge in [-0.3, -0.25) is 4.79 Å². The zero-order valence-electron chi connectivity index (χ0n) is 11.5. The molecule has 1 rings (SSSR count). The predicted octanol–water partition coefficient (Wildman–Crippen LogP) is 2.71. The van der Waals surface area contributed by atoms with Crippen LogP contribution in [0.5, 0.6) is 0 Å².